The fraction of sp³-hybridized carbons (Fsp3) is 0.143. The second kappa shape index (κ2) is 8.85. The average molecular weight is 488 g/mol. The highest BCUT2D eigenvalue weighted by Gasteiger charge is 2.33. The largest absolute Gasteiger partial charge is 0.433 e. The summed E-state index contributed by atoms with van der Waals surface area (Å²) in [6, 6.07) is 10.1. The molecule has 1 amide bonds. The third kappa shape index (κ3) is 5.69. The molecule has 0 fully saturated rings. The van der Waals surface area contributed by atoms with E-state index in [1.807, 2.05) is 0 Å². The maximum atomic E-state index is 12.9. The van der Waals surface area contributed by atoms with Crippen LogP contribution in [0.2, 0.25) is 0 Å². The van der Waals surface area contributed by atoms with E-state index in [1.54, 1.807) is 0 Å². The van der Waals surface area contributed by atoms with E-state index in [4.69, 9.17) is 0 Å². The molecule has 12 heteroatoms. The molecule has 33 heavy (non-hydrogen) atoms. The third-order valence-corrected chi connectivity index (χ3v) is 6.20. The molecule has 0 saturated carbocycles. The monoisotopic (exact) mass is 488 g/mol. The van der Waals surface area contributed by atoms with Crippen molar-refractivity contribution < 1.29 is 39.6 Å². The van der Waals surface area contributed by atoms with Gasteiger partial charge in [0.2, 0.25) is 9.84 Å². The fourth-order valence-electron chi connectivity index (χ4n) is 2.78. The van der Waals surface area contributed by atoms with Crippen molar-refractivity contribution in [2.24, 2.45) is 0 Å². The van der Waals surface area contributed by atoms with E-state index >= 15 is 0 Å². The maximum absolute atomic E-state index is 12.9. The Balaban J connectivity index is 1.77. The highest BCUT2D eigenvalue weighted by molar-refractivity contribution is 7.91. The Kier molecular flexibility index (Phi) is 6.50. The highest BCUT2D eigenvalue weighted by Crippen LogP contribution is 2.32. The van der Waals surface area contributed by atoms with Crippen LogP contribution in [0, 0.1) is 0 Å². The Morgan fingerprint density at radius 2 is 1.48 bits per heavy atom. The van der Waals surface area contributed by atoms with Crippen LogP contribution in [0.1, 0.15) is 27.2 Å². The van der Waals surface area contributed by atoms with Crippen LogP contribution in [0.4, 0.5) is 26.3 Å². The van der Waals surface area contributed by atoms with E-state index in [-0.39, 0.29) is 17.0 Å². The number of carbonyl (C=O) groups excluding carboxylic acids is 1. The summed E-state index contributed by atoms with van der Waals surface area (Å²) in [5.41, 5.74) is -2.12. The van der Waals surface area contributed by atoms with Gasteiger partial charge in [0.25, 0.3) is 5.91 Å². The maximum Gasteiger partial charge on any atom is 0.433 e. The predicted octanol–water partition coefficient (Wildman–Crippen LogP) is 4.88. The second-order valence-corrected chi connectivity index (χ2v) is 8.74. The number of carbonyl (C=O) groups is 1. The van der Waals surface area contributed by atoms with Gasteiger partial charge in [-0.1, -0.05) is 18.2 Å². The van der Waals surface area contributed by atoms with Crippen molar-refractivity contribution >= 4 is 15.7 Å². The van der Waals surface area contributed by atoms with Crippen LogP contribution in [0.5, 0.6) is 0 Å². The van der Waals surface area contributed by atoms with Crippen LogP contribution >= 0.6 is 0 Å². The van der Waals surface area contributed by atoms with Gasteiger partial charge in [-0.05, 0) is 48.0 Å². The Morgan fingerprint density at radius 3 is 2.06 bits per heavy atom. The van der Waals surface area contributed by atoms with E-state index in [9.17, 15) is 39.6 Å². The van der Waals surface area contributed by atoms with Gasteiger partial charge in [0.15, 0.2) is 0 Å². The van der Waals surface area contributed by atoms with Crippen LogP contribution in [0.25, 0.3) is 0 Å². The zero-order chi connectivity index (χ0) is 24.4. The number of amides is 1. The fourth-order valence-corrected chi connectivity index (χ4v) is 4.15. The zero-order valence-corrected chi connectivity index (χ0v) is 17.2. The van der Waals surface area contributed by atoms with Gasteiger partial charge in [-0.25, -0.2) is 8.42 Å². The van der Waals surface area contributed by atoms with E-state index in [1.165, 1.54) is 24.3 Å². The van der Waals surface area contributed by atoms with Crippen LogP contribution < -0.4 is 5.32 Å². The summed E-state index contributed by atoms with van der Waals surface area (Å²) >= 11 is 0. The topological polar surface area (TPSA) is 76.1 Å². The first-order chi connectivity index (χ1) is 15.3. The molecule has 5 nitrogen and oxygen atoms in total. The number of hydrogen-bond acceptors (Lipinski definition) is 4. The van der Waals surface area contributed by atoms with Gasteiger partial charge in [0, 0.05) is 12.7 Å². The molecule has 0 radical (unpaired) electrons. The third-order valence-electron chi connectivity index (χ3n) is 4.45. The van der Waals surface area contributed by atoms with Crippen molar-refractivity contribution in [2.75, 3.05) is 0 Å². The quantitative estimate of drug-likeness (QED) is 0.520. The minimum atomic E-state index is -4.72. The van der Waals surface area contributed by atoms with Gasteiger partial charge >= 0.3 is 12.4 Å². The van der Waals surface area contributed by atoms with Gasteiger partial charge < -0.3 is 5.32 Å². The standard InChI is InChI=1S/C21H14F6N2O3S/c22-20(23,24)15-4-2-6-17(10-15)33(31,32)16-5-1-3-13(9-16)11-29-19(30)14-7-8-18(28-12-14)21(25,26)27/h1-10,12H,11H2,(H,29,30). The molecular formula is C21H14F6N2O3S. The molecule has 0 bridgehead atoms. The number of benzene rings is 2. The van der Waals surface area contributed by atoms with E-state index in [2.05, 4.69) is 10.3 Å². The van der Waals surface area contributed by atoms with Gasteiger partial charge in [-0.3, -0.25) is 9.78 Å². The lowest BCUT2D eigenvalue weighted by Crippen LogP contribution is -2.23. The van der Waals surface area contributed by atoms with Gasteiger partial charge in [-0.2, -0.15) is 26.3 Å². The number of hydrogen-bond donors (Lipinski definition) is 1. The van der Waals surface area contributed by atoms with Crippen molar-refractivity contribution in [3.8, 4) is 0 Å². The molecule has 2 aromatic carbocycles. The summed E-state index contributed by atoms with van der Waals surface area (Å²) in [5, 5.41) is 2.42. The van der Waals surface area contributed by atoms with E-state index in [0.29, 0.717) is 17.7 Å². The molecule has 0 aliphatic rings. The molecule has 1 aromatic heterocycles. The lowest BCUT2D eigenvalue weighted by atomic mass is 10.2. The molecule has 0 spiro atoms. The Hall–Kier alpha value is -3.41. The number of nitrogens with zero attached hydrogens (tertiary/aromatic N) is 1. The molecule has 0 saturated heterocycles. The minimum Gasteiger partial charge on any atom is -0.348 e. The van der Waals surface area contributed by atoms with E-state index in [0.717, 1.165) is 30.5 Å². The summed E-state index contributed by atoms with van der Waals surface area (Å²) in [6.45, 7) is -0.189. The first-order valence-electron chi connectivity index (χ1n) is 9.11. The smallest absolute Gasteiger partial charge is 0.348 e. The first kappa shape index (κ1) is 24.2. The van der Waals surface area contributed by atoms with Crippen molar-refractivity contribution in [2.45, 2.75) is 28.7 Å². The molecular weight excluding hydrogens is 474 g/mol. The summed E-state index contributed by atoms with van der Waals surface area (Å²) in [5.74, 6) is -0.748. The summed E-state index contributed by atoms with van der Waals surface area (Å²) in [7, 11) is -4.28. The second-order valence-electron chi connectivity index (χ2n) is 6.79. The lowest BCUT2D eigenvalue weighted by molar-refractivity contribution is -0.141. The van der Waals surface area contributed by atoms with Crippen molar-refractivity contribution in [3.05, 3.63) is 89.2 Å². The van der Waals surface area contributed by atoms with Crippen LogP contribution in [0.15, 0.2) is 76.7 Å². The average Bonchev–Trinajstić information content (AvgIpc) is 2.76. The summed E-state index contributed by atoms with van der Waals surface area (Å²) in [6.07, 6.45) is -8.61. The number of halogens is 6. The van der Waals surface area contributed by atoms with Crippen LogP contribution in [-0.2, 0) is 28.7 Å². The molecule has 1 heterocycles. The minimum absolute atomic E-state index is 0.143. The van der Waals surface area contributed by atoms with E-state index < -0.39 is 44.2 Å². The Morgan fingerprint density at radius 1 is 0.848 bits per heavy atom. The van der Waals surface area contributed by atoms with Gasteiger partial charge in [0.1, 0.15) is 5.69 Å². The van der Waals surface area contributed by atoms with Crippen molar-refractivity contribution in [1.29, 1.82) is 0 Å². The van der Waals surface area contributed by atoms with Crippen molar-refractivity contribution in [1.82, 2.24) is 10.3 Å². The highest BCUT2D eigenvalue weighted by atomic mass is 32.2. The Labute approximate surface area is 184 Å². The number of alkyl halides is 6. The SMILES string of the molecule is O=C(NCc1cccc(S(=O)(=O)c2cccc(C(F)(F)F)c2)c1)c1ccc(C(F)(F)F)nc1. The lowest BCUT2D eigenvalue weighted by Gasteiger charge is -2.11. The molecule has 1 N–H and O–H groups in total. The number of pyridine rings is 1. The van der Waals surface area contributed by atoms with Gasteiger partial charge in [-0.15, -0.1) is 0 Å². The van der Waals surface area contributed by atoms with Gasteiger partial charge in [0.05, 0.1) is 20.9 Å². The predicted molar refractivity (Wildman–Crippen MR) is 104 cm³/mol. The Bertz CT molecular complexity index is 1270. The number of aromatic nitrogens is 1. The molecule has 3 rings (SSSR count). The molecule has 3 aromatic rings. The summed E-state index contributed by atoms with van der Waals surface area (Å²) in [4.78, 5) is 14.5. The summed E-state index contributed by atoms with van der Waals surface area (Å²) < 4.78 is 102. The molecule has 0 unspecified atom stereocenters. The molecule has 0 atom stereocenters. The molecule has 0 aliphatic carbocycles. The zero-order valence-electron chi connectivity index (χ0n) is 16.4. The van der Waals surface area contributed by atoms with Crippen LogP contribution in [-0.4, -0.2) is 19.3 Å². The number of sulfone groups is 1. The molecule has 0 aliphatic heterocycles. The van der Waals surface area contributed by atoms with Crippen LogP contribution in [0.3, 0.4) is 0 Å². The van der Waals surface area contributed by atoms with Crippen molar-refractivity contribution in [3.63, 3.8) is 0 Å². The number of nitrogens with one attached hydrogen (secondary N) is 1. The molecule has 174 valence electrons. The first-order valence-corrected chi connectivity index (χ1v) is 10.6. The number of rotatable bonds is 5. The normalized spacial score (nSPS) is 12.4.